The fourth-order valence-electron chi connectivity index (χ4n) is 2.30. The van der Waals surface area contributed by atoms with Crippen molar-refractivity contribution in [3.63, 3.8) is 0 Å². The van der Waals surface area contributed by atoms with Crippen LogP contribution in [0.15, 0.2) is 11.0 Å². The molecule has 0 aliphatic rings. The summed E-state index contributed by atoms with van der Waals surface area (Å²) in [5, 5.41) is 0. The topological polar surface area (TPSA) is 39.1 Å². The Kier molecular flexibility index (Phi) is 3.91. The van der Waals surface area contributed by atoms with Crippen molar-refractivity contribution in [1.82, 2.24) is 4.57 Å². The molecule has 0 fully saturated rings. The zero-order valence-electron chi connectivity index (χ0n) is 11.5. The molecule has 0 spiro atoms. The smallest absolute Gasteiger partial charge is 0.196 e. The largest absolute Gasteiger partial charge is 0.353 e. The van der Waals surface area contributed by atoms with Gasteiger partial charge in [-0.05, 0) is 18.8 Å². The Bertz CT molecular complexity index is 496. The van der Waals surface area contributed by atoms with Crippen LogP contribution in [0.2, 0.25) is 0 Å². The number of aryl methyl sites for hydroxylation is 1. The Hall–Kier alpha value is -1.38. The minimum absolute atomic E-state index is 0.102. The van der Waals surface area contributed by atoms with E-state index in [0.717, 1.165) is 11.3 Å². The molecule has 0 unspecified atom stereocenters. The summed E-state index contributed by atoms with van der Waals surface area (Å²) < 4.78 is 1.91. The van der Waals surface area contributed by atoms with Crippen LogP contribution in [-0.4, -0.2) is 10.4 Å². The third-order valence-corrected chi connectivity index (χ3v) is 2.97. The summed E-state index contributed by atoms with van der Waals surface area (Å²) in [6.45, 7) is 9.55. The molecular weight excluding hydrogens is 214 g/mol. The van der Waals surface area contributed by atoms with Gasteiger partial charge in [-0.25, -0.2) is 0 Å². The molecular formula is C14H21NO2. The number of rotatable bonds is 3. The molecule has 3 heteroatoms. The molecule has 0 N–H and O–H groups in total. The van der Waals surface area contributed by atoms with Gasteiger partial charge < -0.3 is 4.57 Å². The van der Waals surface area contributed by atoms with Crippen LogP contribution in [0.5, 0.6) is 0 Å². The van der Waals surface area contributed by atoms with Crippen LogP contribution in [0.25, 0.3) is 0 Å². The minimum Gasteiger partial charge on any atom is -0.353 e. The number of Topliss-reactive ketones (excluding diaryl/α,β-unsaturated/α-hetero) is 1. The average Bonchev–Trinajstić information content (AvgIpc) is 2.18. The molecule has 0 atom stereocenters. The van der Waals surface area contributed by atoms with Crippen LogP contribution in [0.4, 0.5) is 0 Å². The lowest BCUT2D eigenvalue weighted by atomic mass is 9.92. The Labute approximate surface area is 102 Å². The van der Waals surface area contributed by atoms with Crippen LogP contribution in [0, 0.1) is 0 Å². The normalized spacial score (nSPS) is 11.3. The maximum atomic E-state index is 12.3. The van der Waals surface area contributed by atoms with Crippen molar-refractivity contribution in [3.05, 3.63) is 33.2 Å². The van der Waals surface area contributed by atoms with E-state index >= 15 is 0 Å². The van der Waals surface area contributed by atoms with Gasteiger partial charge in [0.05, 0.1) is 5.56 Å². The number of hydrogen-bond acceptors (Lipinski definition) is 2. The maximum Gasteiger partial charge on any atom is 0.196 e. The quantitative estimate of drug-likeness (QED) is 0.756. The zero-order valence-corrected chi connectivity index (χ0v) is 11.5. The van der Waals surface area contributed by atoms with Crippen LogP contribution in [0.1, 0.15) is 68.1 Å². The molecule has 1 rings (SSSR count). The Balaban J connectivity index is 3.72. The van der Waals surface area contributed by atoms with Gasteiger partial charge in [-0.2, -0.15) is 0 Å². The van der Waals surface area contributed by atoms with Crippen molar-refractivity contribution in [2.45, 2.75) is 46.5 Å². The predicted molar refractivity (Wildman–Crippen MR) is 69.9 cm³/mol. The number of carbonyl (C=O) groups excluding carboxylic acids is 1. The molecule has 0 bridgehead atoms. The number of nitrogens with zero attached hydrogens (tertiary/aromatic N) is 1. The molecule has 17 heavy (non-hydrogen) atoms. The second kappa shape index (κ2) is 4.86. The lowest BCUT2D eigenvalue weighted by Crippen LogP contribution is -2.25. The first-order valence-corrected chi connectivity index (χ1v) is 6.01. The first kappa shape index (κ1) is 13.7. The third-order valence-electron chi connectivity index (χ3n) is 2.97. The Morgan fingerprint density at radius 2 is 1.71 bits per heavy atom. The lowest BCUT2D eigenvalue weighted by molar-refractivity contribution is 0.101. The molecule has 0 radical (unpaired) electrons. The summed E-state index contributed by atoms with van der Waals surface area (Å²) in [5.74, 6) is 0.235. The Morgan fingerprint density at radius 1 is 1.18 bits per heavy atom. The fraction of sp³-hybridized carbons (Fsp3) is 0.571. The second-order valence-corrected chi connectivity index (χ2v) is 5.15. The summed E-state index contributed by atoms with van der Waals surface area (Å²) in [5.41, 5.74) is 1.99. The van der Waals surface area contributed by atoms with Gasteiger partial charge in [-0.3, -0.25) is 9.59 Å². The highest BCUT2D eigenvalue weighted by molar-refractivity contribution is 5.93. The molecule has 0 aliphatic carbocycles. The fourth-order valence-corrected chi connectivity index (χ4v) is 2.30. The summed E-state index contributed by atoms with van der Waals surface area (Å²) in [6.07, 6.45) is 1.66. The molecule has 0 amide bonds. The molecule has 0 aromatic carbocycles. The maximum absolute atomic E-state index is 12.3. The van der Waals surface area contributed by atoms with E-state index in [1.807, 2.05) is 25.5 Å². The lowest BCUT2D eigenvalue weighted by Gasteiger charge is -2.20. The van der Waals surface area contributed by atoms with E-state index in [1.54, 1.807) is 6.20 Å². The van der Waals surface area contributed by atoms with Crippen molar-refractivity contribution in [3.8, 4) is 0 Å². The standard InChI is InChI=1S/C14H21NO2/c1-8(2)12-13(9(3)4)15(6)7-11(10(5)16)14(12)17/h7-9H,1-6H3. The van der Waals surface area contributed by atoms with Gasteiger partial charge in [0.1, 0.15) is 0 Å². The molecule has 94 valence electrons. The van der Waals surface area contributed by atoms with E-state index in [-0.39, 0.29) is 23.0 Å². The summed E-state index contributed by atoms with van der Waals surface area (Å²) >= 11 is 0. The van der Waals surface area contributed by atoms with Gasteiger partial charge in [0.25, 0.3) is 0 Å². The van der Waals surface area contributed by atoms with Gasteiger partial charge in [-0.15, -0.1) is 0 Å². The van der Waals surface area contributed by atoms with Crippen molar-refractivity contribution in [2.24, 2.45) is 7.05 Å². The molecule has 0 saturated heterocycles. The van der Waals surface area contributed by atoms with Gasteiger partial charge in [0.15, 0.2) is 11.2 Å². The van der Waals surface area contributed by atoms with E-state index in [0.29, 0.717) is 5.56 Å². The molecule has 3 nitrogen and oxygen atoms in total. The van der Waals surface area contributed by atoms with Crippen molar-refractivity contribution < 1.29 is 4.79 Å². The van der Waals surface area contributed by atoms with Gasteiger partial charge >= 0.3 is 0 Å². The van der Waals surface area contributed by atoms with Crippen LogP contribution >= 0.6 is 0 Å². The van der Waals surface area contributed by atoms with Gasteiger partial charge in [0.2, 0.25) is 0 Å². The van der Waals surface area contributed by atoms with Crippen LogP contribution in [0.3, 0.4) is 0 Å². The predicted octanol–water partition coefficient (Wildman–Crippen LogP) is 2.83. The highest BCUT2D eigenvalue weighted by Gasteiger charge is 2.20. The second-order valence-electron chi connectivity index (χ2n) is 5.15. The number of hydrogen-bond donors (Lipinski definition) is 0. The van der Waals surface area contributed by atoms with E-state index in [4.69, 9.17) is 0 Å². The van der Waals surface area contributed by atoms with Crippen molar-refractivity contribution in [1.29, 1.82) is 0 Å². The molecule has 1 aromatic rings. The van der Waals surface area contributed by atoms with E-state index < -0.39 is 0 Å². The van der Waals surface area contributed by atoms with E-state index in [9.17, 15) is 9.59 Å². The third kappa shape index (κ3) is 2.48. The van der Waals surface area contributed by atoms with E-state index in [2.05, 4.69) is 13.8 Å². The first-order chi connectivity index (χ1) is 7.77. The summed E-state index contributed by atoms with van der Waals surface area (Å²) in [7, 11) is 1.90. The van der Waals surface area contributed by atoms with Crippen molar-refractivity contribution in [2.75, 3.05) is 0 Å². The summed E-state index contributed by atoms with van der Waals surface area (Å²) in [6, 6.07) is 0. The van der Waals surface area contributed by atoms with Crippen molar-refractivity contribution >= 4 is 5.78 Å². The first-order valence-electron chi connectivity index (χ1n) is 6.01. The highest BCUT2D eigenvalue weighted by atomic mass is 16.1. The molecule has 1 heterocycles. The number of carbonyl (C=O) groups is 1. The van der Waals surface area contributed by atoms with Crippen LogP contribution < -0.4 is 5.43 Å². The van der Waals surface area contributed by atoms with Crippen LogP contribution in [-0.2, 0) is 7.05 Å². The number of aromatic nitrogens is 1. The summed E-state index contributed by atoms with van der Waals surface area (Å²) in [4.78, 5) is 23.8. The minimum atomic E-state index is -0.164. The number of pyridine rings is 1. The van der Waals surface area contributed by atoms with E-state index in [1.165, 1.54) is 6.92 Å². The average molecular weight is 235 g/mol. The molecule has 0 aliphatic heterocycles. The molecule has 1 aromatic heterocycles. The zero-order chi connectivity index (χ0) is 13.3. The molecule has 0 saturated carbocycles. The SMILES string of the molecule is CC(=O)c1cn(C)c(C(C)C)c(C(C)C)c1=O. The van der Waals surface area contributed by atoms with Gasteiger partial charge in [-0.1, -0.05) is 27.7 Å². The monoisotopic (exact) mass is 235 g/mol. The highest BCUT2D eigenvalue weighted by Crippen LogP contribution is 2.23. The van der Waals surface area contributed by atoms with Gasteiger partial charge in [0, 0.05) is 24.5 Å². The number of ketones is 1. The Morgan fingerprint density at radius 3 is 2.06 bits per heavy atom.